The minimum atomic E-state index is -2.49. The molecule has 4 heteroatoms. The van der Waals surface area contributed by atoms with Crippen LogP contribution in [0.4, 0.5) is 10.5 Å². The fourth-order valence-corrected chi connectivity index (χ4v) is 20.2. The summed E-state index contributed by atoms with van der Waals surface area (Å²) < 4.78 is 11.3. The van der Waals surface area contributed by atoms with Crippen LogP contribution < -0.4 is 8.90 Å². The second-order valence-corrected chi connectivity index (χ2v) is 21.6. The van der Waals surface area contributed by atoms with Crippen LogP contribution in [0.2, 0.25) is 13.3 Å². The van der Waals surface area contributed by atoms with Gasteiger partial charge in [0.1, 0.15) is 0 Å². The summed E-state index contributed by atoms with van der Waals surface area (Å²) in [6.07, 6.45) is 7.41. The van der Waals surface area contributed by atoms with Gasteiger partial charge in [-0.3, -0.25) is 0 Å². The first-order chi connectivity index (χ1) is 14.6. The number of hydrogen-bond acceptors (Lipinski definition) is 2. The molecule has 0 fully saturated rings. The van der Waals surface area contributed by atoms with E-state index in [1.807, 2.05) is 36.4 Å². The Morgan fingerprint density at radius 2 is 1.43 bits per heavy atom. The molecule has 3 nitrogen and oxygen atoms in total. The Bertz CT molecular complexity index is 726. The van der Waals surface area contributed by atoms with Gasteiger partial charge < -0.3 is 0 Å². The molecule has 0 bridgehead atoms. The number of amides is 1. The van der Waals surface area contributed by atoms with E-state index in [9.17, 15) is 4.79 Å². The van der Waals surface area contributed by atoms with Crippen LogP contribution in [0.15, 0.2) is 54.6 Å². The van der Waals surface area contributed by atoms with Crippen molar-refractivity contribution >= 4 is 33.7 Å². The van der Waals surface area contributed by atoms with Gasteiger partial charge in [-0.1, -0.05) is 0 Å². The first kappa shape index (κ1) is 24.8. The molecule has 2 rings (SSSR count). The van der Waals surface area contributed by atoms with Crippen molar-refractivity contribution < 1.29 is 9.53 Å². The molecule has 0 aliphatic carbocycles. The maximum absolute atomic E-state index is 12.3. The number of anilines is 1. The van der Waals surface area contributed by atoms with E-state index in [0.717, 1.165) is 11.3 Å². The monoisotopic (exact) mass is 517 g/mol. The fraction of sp³-hybridized carbons (Fsp3) is 0.500. The van der Waals surface area contributed by atoms with Gasteiger partial charge in [0, 0.05) is 0 Å². The molecule has 0 saturated carbocycles. The van der Waals surface area contributed by atoms with Gasteiger partial charge in [0.15, 0.2) is 0 Å². The van der Waals surface area contributed by atoms with E-state index in [1.165, 1.54) is 51.8 Å². The van der Waals surface area contributed by atoms with Gasteiger partial charge in [-0.15, -0.1) is 0 Å². The molecule has 1 amide bonds. The zero-order chi connectivity index (χ0) is 21.7. The summed E-state index contributed by atoms with van der Waals surface area (Å²) in [5.41, 5.74) is 1.87. The predicted molar refractivity (Wildman–Crippen MR) is 131 cm³/mol. The Kier molecular flexibility index (Phi) is 11.3. The maximum atomic E-state index is 12.3. The van der Waals surface area contributed by atoms with Crippen molar-refractivity contribution in [1.29, 1.82) is 0 Å². The molecule has 0 spiro atoms. The SMILES string of the molecule is CCC[CH2][Sn]([CH2]CCC)([CH2]CCC)[c]1cccc(NC(=O)OCc2ccccc2)c1. The van der Waals surface area contributed by atoms with Gasteiger partial charge in [-0.05, 0) is 0 Å². The van der Waals surface area contributed by atoms with E-state index in [-0.39, 0.29) is 6.09 Å². The number of unbranched alkanes of at least 4 members (excludes halogenated alkanes) is 3. The molecule has 30 heavy (non-hydrogen) atoms. The van der Waals surface area contributed by atoms with E-state index >= 15 is 0 Å². The van der Waals surface area contributed by atoms with E-state index in [2.05, 4.69) is 44.3 Å². The number of carbonyl (C=O) groups is 1. The van der Waals surface area contributed by atoms with Gasteiger partial charge in [0.25, 0.3) is 0 Å². The molecule has 1 N–H and O–H groups in total. The Morgan fingerprint density at radius 1 is 0.833 bits per heavy atom. The summed E-state index contributed by atoms with van der Waals surface area (Å²) >= 11 is -2.49. The van der Waals surface area contributed by atoms with Crippen molar-refractivity contribution in [2.45, 2.75) is 79.2 Å². The molecule has 164 valence electrons. The summed E-state index contributed by atoms with van der Waals surface area (Å²) in [6, 6.07) is 18.5. The third-order valence-corrected chi connectivity index (χ3v) is 21.6. The predicted octanol–water partition coefficient (Wildman–Crippen LogP) is 7.49. The van der Waals surface area contributed by atoms with Crippen LogP contribution in [0, 0.1) is 0 Å². The molecule has 0 aromatic heterocycles. The molecule has 0 aliphatic heterocycles. The van der Waals surface area contributed by atoms with Crippen molar-refractivity contribution in [3.05, 3.63) is 60.2 Å². The van der Waals surface area contributed by atoms with Gasteiger partial charge >= 0.3 is 188 Å². The summed E-state index contributed by atoms with van der Waals surface area (Å²) in [5, 5.41) is 2.97. The summed E-state index contributed by atoms with van der Waals surface area (Å²) in [4.78, 5) is 12.3. The number of nitrogens with one attached hydrogen (secondary N) is 1. The molecular formula is C26H39NO2Sn. The van der Waals surface area contributed by atoms with Gasteiger partial charge in [0.2, 0.25) is 0 Å². The second kappa shape index (κ2) is 13.7. The van der Waals surface area contributed by atoms with Gasteiger partial charge in [-0.25, -0.2) is 0 Å². The Balaban J connectivity index is 2.13. The van der Waals surface area contributed by atoms with Crippen molar-refractivity contribution in [3.63, 3.8) is 0 Å². The minimum absolute atomic E-state index is 0.291. The molecule has 0 heterocycles. The van der Waals surface area contributed by atoms with Crippen LogP contribution in [0.25, 0.3) is 0 Å². The molecular weight excluding hydrogens is 477 g/mol. The Labute approximate surface area is 187 Å². The van der Waals surface area contributed by atoms with Crippen LogP contribution in [-0.2, 0) is 11.3 Å². The van der Waals surface area contributed by atoms with Crippen LogP contribution in [-0.4, -0.2) is 24.5 Å². The molecule has 2 aromatic rings. The average molecular weight is 516 g/mol. The van der Waals surface area contributed by atoms with Crippen molar-refractivity contribution in [2.24, 2.45) is 0 Å². The van der Waals surface area contributed by atoms with Crippen molar-refractivity contribution in [3.8, 4) is 0 Å². The van der Waals surface area contributed by atoms with Crippen LogP contribution >= 0.6 is 0 Å². The first-order valence-corrected chi connectivity index (χ1v) is 19.2. The number of hydrogen-bond donors (Lipinski definition) is 1. The Hall–Kier alpha value is -1.49. The molecule has 2 aromatic carbocycles. The van der Waals surface area contributed by atoms with Crippen LogP contribution in [0.3, 0.4) is 0 Å². The first-order valence-electron chi connectivity index (χ1n) is 11.7. The van der Waals surface area contributed by atoms with Gasteiger partial charge in [-0.2, -0.15) is 0 Å². The second-order valence-electron chi connectivity index (χ2n) is 8.36. The quantitative estimate of drug-likeness (QED) is 0.280. The van der Waals surface area contributed by atoms with Crippen molar-refractivity contribution in [1.82, 2.24) is 0 Å². The molecule has 0 saturated heterocycles. The number of rotatable bonds is 13. The normalized spacial score (nSPS) is 11.3. The molecule has 0 aliphatic rings. The van der Waals surface area contributed by atoms with E-state index in [1.54, 1.807) is 3.58 Å². The third kappa shape index (κ3) is 7.97. The zero-order valence-electron chi connectivity index (χ0n) is 19.1. The van der Waals surface area contributed by atoms with E-state index < -0.39 is 18.4 Å². The van der Waals surface area contributed by atoms with Crippen molar-refractivity contribution in [2.75, 3.05) is 5.32 Å². The molecule has 0 radical (unpaired) electrons. The fourth-order valence-electron chi connectivity index (χ4n) is 4.16. The standard InChI is InChI=1S/C14H12NO2.3C4H9.Sn/c16-14(15-13-9-5-2-6-10-13)17-11-12-7-3-1-4-8-12;3*1-3-4-2;/h1-5,7-10H,11H2,(H,15,16);3*1,3-4H2,2H3;. The zero-order valence-corrected chi connectivity index (χ0v) is 21.9. The number of carbonyl (C=O) groups excluding carboxylic acids is 1. The van der Waals surface area contributed by atoms with E-state index in [4.69, 9.17) is 4.74 Å². The van der Waals surface area contributed by atoms with Crippen LogP contribution in [0.5, 0.6) is 0 Å². The molecule has 0 atom stereocenters. The van der Waals surface area contributed by atoms with E-state index in [0.29, 0.717) is 6.61 Å². The summed E-state index contributed by atoms with van der Waals surface area (Å²) in [7, 11) is 0. The summed E-state index contributed by atoms with van der Waals surface area (Å²) in [6.45, 7) is 7.20. The van der Waals surface area contributed by atoms with Gasteiger partial charge in [0.05, 0.1) is 0 Å². The topological polar surface area (TPSA) is 38.3 Å². The Morgan fingerprint density at radius 3 is 2.00 bits per heavy atom. The number of ether oxygens (including phenoxy) is 1. The van der Waals surface area contributed by atoms with Crippen LogP contribution in [0.1, 0.15) is 64.9 Å². The average Bonchev–Trinajstić information content (AvgIpc) is 2.78. The third-order valence-electron chi connectivity index (χ3n) is 5.96. The summed E-state index contributed by atoms with van der Waals surface area (Å²) in [5.74, 6) is 0. The molecule has 0 unspecified atom stereocenters. The number of benzene rings is 2.